The van der Waals surface area contributed by atoms with Gasteiger partial charge >= 0.3 is 0 Å². The summed E-state index contributed by atoms with van der Waals surface area (Å²) in [6, 6.07) is 10.9. The Morgan fingerprint density at radius 1 is 0.727 bits per heavy atom. The Kier molecular flexibility index (Phi) is 5.93. The zero-order valence-corrected chi connectivity index (χ0v) is 19.8. The molecule has 33 heavy (non-hydrogen) atoms. The first-order valence-corrected chi connectivity index (χ1v) is 13.0. The Hall–Kier alpha value is -2.60. The van der Waals surface area contributed by atoms with E-state index in [0.717, 1.165) is 51.5 Å². The van der Waals surface area contributed by atoms with Crippen molar-refractivity contribution in [3.63, 3.8) is 0 Å². The SMILES string of the molecule is c1ccc(CCN2CCN(c3ncnc4c(N5CCCCC5)c5n(c34)CCCC5)CC2)cc1. The molecular formula is C27H36N6. The van der Waals surface area contributed by atoms with Gasteiger partial charge in [-0.3, -0.25) is 4.90 Å². The maximum atomic E-state index is 4.88. The number of fused-ring (bicyclic) bond motifs is 3. The second-order valence-corrected chi connectivity index (χ2v) is 9.91. The molecule has 0 aliphatic carbocycles. The van der Waals surface area contributed by atoms with Crippen molar-refractivity contribution in [2.45, 2.75) is 51.5 Å². The van der Waals surface area contributed by atoms with Crippen molar-refractivity contribution < 1.29 is 0 Å². The number of hydrogen-bond donors (Lipinski definition) is 0. The molecule has 3 aromatic rings. The summed E-state index contributed by atoms with van der Waals surface area (Å²) in [7, 11) is 0. The molecule has 0 bridgehead atoms. The van der Waals surface area contributed by atoms with E-state index in [4.69, 9.17) is 9.97 Å². The molecule has 0 saturated carbocycles. The molecule has 6 heteroatoms. The smallest absolute Gasteiger partial charge is 0.156 e. The molecule has 174 valence electrons. The van der Waals surface area contributed by atoms with Gasteiger partial charge in [-0.2, -0.15) is 0 Å². The van der Waals surface area contributed by atoms with Crippen LogP contribution in [-0.2, 0) is 19.4 Å². The van der Waals surface area contributed by atoms with E-state index >= 15 is 0 Å². The van der Waals surface area contributed by atoms with Gasteiger partial charge in [0.2, 0.25) is 0 Å². The van der Waals surface area contributed by atoms with Crippen molar-refractivity contribution in [2.75, 3.05) is 55.6 Å². The fourth-order valence-electron chi connectivity index (χ4n) is 6.05. The van der Waals surface area contributed by atoms with Crippen LogP contribution in [0.3, 0.4) is 0 Å². The number of piperazine rings is 1. The fourth-order valence-corrected chi connectivity index (χ4v) is 6.05. The lowest BCUT2D eigenvalue weighted by Gasteiger charge is -2.35. The van der Waals surface area contributed by atoms with Gasteiger partial charge < -0.3 is 14.4 Å². The van der Waals surface area contributed by atoms with E-state index < -0.39 is 0 Å². The topological polar surface area (TPSA) is 40.4 Å². The number of anilines is 2. The Balaban J connectivity index is 1.24. The lowest BCUT2D eigenvalue weighted by atomic mass is 10.1. The highest BCUT2D eigenvalue weighted by molar-refractivity contribution is 5.98. The van der Waals surface area contributed by atoms with Crippen molar-refractivity contribution in [3.05, 3.63) is 47.9 Å². The molecule has 6 nitrogen and oxygen atoms in total. The molecule has 0 N–H and O–H groups in total. The second kappa shape index (κ2) is 9.34. The third-order valence-corrected chi connectivity index (χ3v) is 7.85. The van der Waals surface area contributed by atoms with Crippen molar-refractivity contribution in [2.24, 2.45) is 0 Å². The van der Waals surface area contributed by atoms with Crippen LogP contribution in [0.25, 0.3) is 11.0 Å². The Bertz CT molecular complexity index is 1080. The van der Waals surface area contributed by atoms with E-state index in [1.807, 2.05) is 6.33 Å². The summed E-state index contributed by atoms with van der Waals surface area (Å²) < 4.78 is 2.58. The standard InChI is InChI=1S/C27H36N6/c1-3-9-22(10-4-1)12-16-30-17-19-32(20-18-30)27-26-24(28-21-29-27)25(31-13-6-2-7-14-31)23-11-5-8-15-33(23)26/h1,3-4,9-10,21H,2,5-8,11-20H2. The fraction of sp³-hybridized carbons (Fsp3) is 0.556. The lowest BCUT2D eigenvalue weighted by Crippen LogP contribution is -2.47. The zero-order chi connectivity index (χ0) is 22.0. The maximum Gasteiger partial charge on any atom is 0.156 e. The molecule has 5 heterocycles. The van der Waals surface area contributed by atoms with Crippen molar-refractivity contribution in [1.29, 1.82) is 0 Å². The van der Waals surface area contributed by atoms with Gasteiger partial charge in [-0.25, -0.2) is 9.97 Å². The minimum atomic E-state index is 1.04. The average Bonchev–Trinajstić information content (AvgIpc) is 3.23. The molecule has 0 radical (unpaired) electrons. The molecule has 3 aliphatic rings. The van der Waals surface area contributed by atoms with E-state index in [1.54, 1.807) is 0 Å². The minimum Gasteiger partial charge on any atom is -0.368 e. The van der Waals surface area contributed by atoms with E-state index in [9.17, 15) is 0 Å². The van der Waals surface area contributed by atoms with Gasteiger partial charge in [0, 0.05) is 58.1 Å². The molecule has 0 unspecified atom stereocenters. The summed E-state index contributed by atoms with van der Waals surface area (Å²) in [4.78, 5) is 17.5. The van der Waals surface area contributed by atoms with Crippen LogP contribution in [0.15, 0.2) is 36.7 Å². The Morgan fingerprint density at radius 3 is 2.33 bits per heavy atom. The molecule has 0 spiro atoms. The largest absolute Gasteiger partial charge is 0.368 e. The van der Waals surface area contributed by atoms with Crippen molar-refractivity contribution in [1.82, 2.24) is 19.4 Å². The number of piperidine rings is 1. The molecule has 2 saturated heterocycles. The first-order valence-electron chi connectivity index (χ1n) is 13.0. The molecular weight excluding hydrogens is 408 g/mol. The van der Waals surface area contributed by atoms with Crippen LogP contribution in [-0.4, -0.2) is 65.2 Å². The van der Waals surface area contributed by atoms with Gasteiger partial charge in [0.05, 0.1) is 5.69 Å². The summed E-state index contributed by atoms with van der Waals surface area (Å²) in [6.45, 7) is 8.88. The molecule has 6 rings (SSSR count). The number of rotatable bonds is 5. The van der Waals surface area contributed by atoms with E-state index in [1.165, 1.54) is 79.6 Å². The minimum absolute atomic E-state index is 1.04. The first-order chi connectivity index (χ1) is 16.4. The van der Waals surface area contributed by atoms with E-state index in [-0.39, 0.29) is 0 Å². The molecule has 0 amide bonds. The second-order valence-electron chi connectivity index (χ2n) is 9.91. The number of nitrogens with zero attached hydrogens (tertiary/aromatic N) is 6. The van der Waals surface area contributed by atoms with E-state index in [0.29, 0.717) is 0 Å². The lowest BCUT2D eigenvalue weighted by molar-refractivity contribution is 0.260. The zero-order valence-electron chi connectivity index (χ0n) is 19.8. The van der Waals surface area contributed by atoms with Crippen LogP contribution in [0, 0.1) is 0 Å². The highest BCUT2D eigenvalue weighted by atomic mass is 15.3. The number of hydrogen-bond acceptors (Lipinski definition) is 5. The predicted octanol–water partition coefficient (Wildman–Crippen LogP) is 4.12. The van der Waals surface area contributed by atoms with Crippen molar-refractivity contribution >= 4 is 22.5 Å². The van der Waals surface area contributed by atoms with Crippen LogP contribution in [0.4, 0.5) is 11.5 Å². The number of aromatic nitrogens is 3. The summed E-state index contributed by atoms with van der Waals surface area (Å²) in [5.74, 6) is 1.16. The molecule has 0 atom stereocenters. The molecule has 2 fully saturated rings. The Morgan fingerprint density at radius 2 is 1.52 bits per heavy atom. The van der Waals surface area contributed by atoms with Crippen LogP contribution in [0.5, 0.6) is 0 Å². The van der Waals surface area contributed by atoms with Gasteiger partial charge in [-0.15, -0.1) is 0 Å². The van der Waals surface area contributed by atoms with Crippen LogP contribution >= 0.6 is 0 Å². The summed E-state index contributed by atoms with van der Waals surface area (Å²) >= 11 is 0. The molecule has 1 aromatic carbocycles. The first kappa shape index (κ1) is 21.0. The summed E-state index contributed by atoms with van der Waals surface area (Å²) in [6.07, 6.45) is 10.6. The quantitative estimate of drug-likeness (QED) is 0.592. The highest BCUT2D eigenvalue weighted by Gasteiger charge is 2.29. The average molecular weight is 445 g/mol. The van der Waals surface area contributed by atoms with E-state index in [2.05, 4.69) is 49.6 Å². The highest BCUT2D eigenvalue weighted by Crippen LogP contribution is 2.40. The molecule has 2 aromatic heterocycles. The van der Waals surface area contributed by atoms with Gasteiger partial charge in [-0.1, -0.05) is 30.3 Å². The predicted molar refractivity (Wildman–Crippen MR) is 135 cm³/mol. The maximum absolute atomic E-state index is 4.88. The normalized spacial score (nSPS) is 19.8. The van der Waals surface area contributed by atoms with Crippen molar-refractivity contribution in [3.8, 4) is 0 Å². The van der Waals surface area contributed by atoms with Gasteiger partial charge in [0.1, 0.15) is 17.4 Å². The van der Waals surface area contributed by atoms with Crippen LogP contribution in [0.1, 0.15) is 43.4 Å². The number of benzene rings is 1. The summed E-state index contributed by atoms with van der Waals surface area (Å²) in [5.41, 5.74) is 6.87. The molecule has 3 aliphatic heterocycles. The monoisotopic (exact) mass is 444 g/mol. The summed E-state index contributed by atoms with van der Waals surface area (Å²) in [5, 5.41) is 0. The third kappa shape index (κ3) is 4.10. The third-order valence-electron chi connectivity index (χ3n) is 7.85. The van der Waals surface area contributed by atoms with Crippen LogP contribution < -0.4 is 9.80 Å². The van der Waals surface area contributed by atoms with Gasteiger partial charge in [0.25, 0.3) is 0 Å². The van der Waals surface area contributed by atoms with Gasteiger partial charge in [0.15, 0.2) is 5.82 Å². The Labute approximate surface area is 197 Å². The van der Waals surface area contributed by atoms with Gasteiger partial charge in [-0.05, 0) is 50.5 Å². The van der Waals surface area contributed by atoms with Crippen LogP contribution in [0.2, 0.25) is 0 Å². The number of aryl methyl sites for hydroxylation is 1.